The number of carbonyl (C=O) groups is 1. The Kier molecular flexibility index (Phi) is 6.48. The molecule has 3 heterocycles. The second-order valence-electron chi connectivity index (χ2n) is 7.15. The van der Waals surface area contributed by atoms with Gasteiger partial charge >= 0.3 is 0 Å². The van der Waals surface area contributed by atoms with Crippen LogP contribution >= 0.6 is 0 Å². The van der Waals surface area contributed by atoms with Gasteiger partial charge in [0.2, 0.25) is 0 Å². The van der Waals surface area contributed by atoms with E-state index in [0.717, 1.165) is 57.6 Å². The van der Waals surface area contributed by atoms with E-state index in [0.29, 0.717) is 12.6 Å². The van der Waals surface area contributed by atoms with E-state index in [1.807, 2.05) is 24.2 Å². The molecule has 3 rings (SSSR count). The largest absolute Gasteiger partial charge is 0.376 e. The summed E-state index contributed by atoms with van der Waals surface area (Å²) in [5.41, 5.74) is 0. The minimum Gasteiger partial charge on any atom is -0.376 e. The number of likely N-dealkylation sites (tertiary alicyclic amines) is 1. The van der Waals surface area contributed by atoms with Crippen molar-refractivity contribution < 1.29 is 14.3 Å². The van der Waals surface area contributed by atoms with Gasteiger partial charge in [-0.05, 0) is 39.0 Å². The third-order valence-electron chi connectivity index (χ3n) is 5.32. The molecule has 0 unspecified atom stereocenters. The first-order valence-electron chi connectivity index (χ1n) is 9.72. The Bertz CT molecular complexity index is 554. The lowest BCUT2D eigenvalue weighted by Crippen LogP contribution is -2.46. The third-order valence-corrected chi connectivity index (χ3v) is 5.32. The molecule has 25 heavy (non-hydrogen) atoms. The van der Waals surface area contributed by atoms with Crippen LogP contribution in [0, 0.1) is 0 Å². The topological polar surface area (TPSA) is 56.6 Å². The van der Waals surface area contributed by atoms with Crippen LogP contribution in [0.5, 0.6) is 0 Å². The van der Waals surface area contributed by atoms with Gasteiger partial charge in [-0.2, -0.15) is 0 Å². The van der Waals surface area contributed by atoms with Gasteiger partial charge in [0.25, 0.3) is 5.91 Å². The van der Waals surface area contributed by atoms with Gasteiger partial charge in [0, 0.05) is 38.5 Å². The van der Waals surface area contributed by atoms with Gasteiger partial charge in [-0.25, -0.2) is 4.98 Å². The van der Waals surface area contributed by atoms with Crippen molar-refractivity contribution in [1.29, 1.82) is 0 Å². The summed E-state index contributed by atoms with van der Waals surface area (Å²) < 4.78 is 13.8. The number of piperidine rings is 1. The number of imidazole rings is 1. The standard InChI is InChI=1S/C19H31N3O3/c1-3-18-20-9-11-22(18)16-7-6-10-21(13-16)19(23)15(2)25-14-17-8-4-5-12-24-17/h9,11,15-17H,3-8,10,12-14H2,1-2H3/t15-,16+,17-/m0/s1. The third kappa shape index (κ3) is 4.61. The van der Waals surface area contributed by atoms with Gasteiger partial charge in [-0.3, -0.25) is 4.79 Å². The van der Waals surface area contributed by atoms with Crippen molar-refractivity contribution in [2.45, 2.75) is 70.6 Å². The maximum absolute atomic E-state index is 12.8. The van der Waals surface area contributed by atoms with E-state index in [1.54, 1.807) is 0 Å². The first kappa shape index (κ1) is 18.4. The van der Waals surface area contributed by atoms with Gasteiger partial charge < -0.3 is 18.9 Å². The minimum atomic E-state index is -0.405. The van der Waals surface area contributed by atoms with Crippen molar-refractivity contribution in [1.82, 2.24) is 14.5 Å². The van der Waals surface area contributed by atoms with Crippen LogP contribution in [0.15, 0.2) is 12.4 Å². The minimum absolute atomic E-state index is 0.0960. The molecule has 0 saturated carbocycles. The van der Waals surface area contributed by atoms with Crippen LogP contribution in [0.25, 0.3) is 0 Å². The molecule has 1 aromatic rings. The van der Waals surface area contributed by atoms with E-state index in [2.05, 4.69) is 16.5 Å². The average Bonchev–Trinajstić information content (AvgIpc) is 3.15. The molecule has 0 aliphatic carbocycles. The van der Waals surface area contributed by atoms with E-state index in [9.17, 15) is 4.79 Å². The van der Waals surface area contributed by atoms with Crippen LogP contribution in [-0.2, 0) is 20.7 Å². The molecule has 6 nitrogen and oxygen atoms in total. The summed E-state index contributed by atoms with van der Waals surface area (Å²) in [5.74, 6) is 1.19. The lowest BCUT2D eigenvalue weighted by Gasteiger charge is -2.35. The van der Waals surface area contributed by atoms with Crippen molar-refractivity contribution in [3.8, 4) is 0 Å². The number of aryl methyl sites for hydroxylation is 1. The SMILES string of the molecule is CCc1nccn1[C@@H]1CCCN(C(=O)[C@H](C)OC[C@@H]2CCCCO2)C1. The van der Waals surface area contributed by atoms with Crippen molar-refractivity contribution in [2.75, 3.05) is 26.3 Å². The molecule has 2 aliphatic rings. The van der Waals surface area contributed by atoms with Crippen LogP contribution < -0.4 is 0 Å². The Morgan fingerprint density at radius 2 is 2.28 bits per heavy atom. The molecule has 140 valence electrons. The molecule has 0 aromatic carbocycles. The van der Waals surface area contributed by atoms with Crippen molar-refractivity contribution in [2.24, 2.45) is 0 Å². The van der Waals surface area contributed by atoms with Crippen LogP contribution in [0.2, 0.25) is 0 Å². The van der Waals surface area contributed by atoms with Gasteiger partial charge in [-0.1, -0.05) is 6.92 Å². The van der Waals surface area contributed by atoms with Gasteiger partial charge in [0.15, 0.2) is 0 Å². The molecule has 0 spiro atoms. The maximum Gasteiger partial charge on any atom is 0.251 e. The molecular weight excluding hydrogens is 318 g/mol. The summed E-state index contributed by atoms with van der Waals surface area (Å²) in [7, 11) is 0. The quantitative estimate of drug-likeness (QED) is 0.792. The van der Waals surface area contributed by atoms with E-state index >= 15 is 0 Å². The molecule has 0 N–H and O–H groups in total. The Hall–Kier alpha value is -1.40. The zero-order valence-electron chi connectivity index (χ0n) is 15.5. The monoisotopic (exact) mass is 349 g/mol. The Balaban J connectivity index is 1.52. The van der Waals surface area contributed by atoms with E-state index < -0.39 is 6.10 Å². The molecule has 2 fully saturated rings. The predicted octanol–water partition coefficient (Wildman–Crippen LogP) is 2.58. The lowest BCUT2D eigenvalue weighted by molar-refractivity contribution is -0.147. The summed E-state index contributed by atoms with van der Waals surface area (Å²) in [5, 5.41) is 0. The smallest absolute Gasteiger partial charge is 0.251 e. The number of rotatable bonds is 6. The summed E-state index contributed by atoms with van der Waals surface area (Å²) >= 11 is 0. The summed E-state index contributed by atoms with van der Waals surface area (Å²) in [4.78, 5) is 19.2. The molecule has 0 bridgehead atoms. The molecule has 3 atom stereocenters. The number of aromatic nitrogens is 2. The van der Waals surface area contributed by atoms with Crippen molar-refractivity contribution >= 4 is 5.91 Å². The van der Waals surface area contributed by atoms with Crippen LogP contribution in [0.4, 0.5) is 0 Å². The summed E-state index contributed by atoms with van der Waals surface area (Å²) in [6, 6.07) is 0.323. The first-order chi connectivity index (χ1) is 12.2. The Labute approximate surface area is 150 Å². The Morgan fingerprint density at radius 3 is 3.04 bits per heavy atom. The average molecular weight is 349 g/mol. The molecular formula is C19H31N3O3. The van der Waals surface area contributed by atoms with Crippen LogP contribution in [-0.4, -0.2) is 58.9 Å². The first-order valence-corrected chi connectivity index (χ1v) is 9.72. The highest BCUT2D eigenvalue weighted by Gasteiger charge is 2.29. The summed E-state index contributed by atoms with van der Waals surface area (Å²) in [6.07, 6.45) is 10.0. The van der Waals surface area contributed by atoms with Crippen molar-refractivity contribution in [3.05, 3.63) is 18.2 Å². The highest BCUT2D eigenvalue weighted by molar-refractivity contribution is 5.80. The fraction of sp³-hybridized carbons (Fsp3) is 0.789. The molecule has 2 aliphatic heterocycles. The number of nitrogens with zero attached hydrogens (tertiary/aromatic N) is 3. The number of hydrogen-bond donors (Lipinski definition) is 0. The molecule has 1 aromatic heterocycles. The number of ether oxygens (including phenoxy) is 2. The highest BCUT2D eigenvalue weighted by Crippen LogP contribution is 2.24. The predicted molar refractivity (Wildman–Crippen MR) is 95.5 cm³/mol. The maximum atomic E-state index is 12.8. The van der Waals surface area contributed by atoms with E-state index in [-0.39, 0.29) is 12.0 Å². The highest BCUT2D eigenvalue weighted by atomic mass is 16.5. The fourth-order valence-corrected chi connectivity index (χ4v) is 3.85. The van der Waals surface area contributed by atoms with E-state index in [4.69, 9.17) is 9.47 Å². The van der Waals surface area contributed by atoms with Gasteiger partial charge in [0.1, 0.15) is 11.9 Å². The molecule has 2 saturated heterocycles. The zero-order valence-corrected chi connectivity index (χ0v) is 15.5. The fourth-order valence-electron chi connectivity index (χ4n) is 3.85. The Morgan fingerprint density at radius 1 is 1.40 bits per heavy atom. The molecule has 6 heteroatoms. The van der Waals surface area contributed by atoms with Crippen LogP contribution in [0.3, 0.4) is 0 Å². The number of hydrogen-bond acceptors (Lipinski definition) is 4. The second kappa shape index (κ2) is 8.81. The van der Waals surface area contributed by atoms with Crippen molar-refractivity contribution in [3.63, 3.8) is 0 Å². The van der Waals surface area contributed by atoms with Gasteiger partial charge in [0.05, 0.1) is 18.8 Å². The molecule has 1 amide bonds. The normalized spacial score (nSPS) is 25.8. The van der Waals surface area contributed by atoms with Crippen LogP contribution in [0.1, 0.15) is 57.8 Å². The summed E-state index contributed by atoms with van der Waals surface area (Å²) in [6.45, 7) is 6.88. The second-order valence-corrected chi connectivity index (χ2v) is 7.15. The lowest BCUT2D eigenvalue weighted by atomic mass is 10.0. The molecule has 0 radical (unpaired) electrons. The zero-order chi connectivity index (χ0) is 17.6. The van der Waals surface area contributed by atoms with E-state index in [1.165, 1.54) is 6.42 Å². The number of carbonyl (C=O) groups excluding carboxylic acids is 1. The number of amides is 1. The van der Waals surface area contributed by atoms with Gasteiger partial charge in [-0.15, -0.1) is 0 Å².